The first-order valence-electron chi connectivity index (χ1n) is 13.6. The second-order valence-corrected chi connectivity index (χ2v) is 10.6. The van der Waals surface area contributed by atoms with Gasteiger partial charge in [0.05, 0.1) is 17.9 Å². The molecule has 0 bridgehead atoms. The molecule has 8 heteroatoms. The Bertz CT molecular complexity index is 1610. The molecule has 8 nitrogen and oxygen atoms in total. The molecule has 0 radical (unpaired) electrons. The Hall–Kier alpha value is -4.43. The third-order valence-electron chi connectivity index (χ3n) is 7.95. The molecular formula is C32H32N4O4. The van der Waals surface area contributed by atoms with Crippen LogP contribution in [0.2, 0.25) is 0 Å². The van der Waals surface area contributed by atoms with Gasteiger partial charge in [0, 0.05) is 36.7 Å². The van der Waals surface area contributed by atoms with E-state index in [0.717, 1.165) is 27.7 Å². The molecule has 1 aromatic heterocycles. The highest BCUT2D eigenvalue weighted by Gasteiger charge is 2.53. The summed E-state index contributed by atoms with van der Waals surface area (Å²) in [6.45, 7) is 4.96. The fourth-order valence-corrected chi connectivity index (χ4v) is 5.93. The number of carbonyl (C=O) groups excluding carboxylic acids is 3. The van der Waals surface area contributed by atoms with Gasteiger partial charge in [-0.3, -0.25) is 14.5 Å². The number of fused-ring (bicyclic) bond motifs is 4. The van der Waals surface area contributed by atoms with Gasteiger partial charge >= 0.3 is 6.03 Å². The number of imide groups is 1. The normalized spacial score (nSPS) is 18.4. The van der Waals surface area contributed by atoms with E-state index in [1.54, 1.807) is 36.3 Å². The second-order valence-electron chi connectivity index (χ2n) is 10.6. The number of urea groups is 1. The van der Waals surface area contributed by atoms with E-state index in [0.29, 0.717) is 25.5 Å². The molecule has 0 saturated carbocycles. The first-order chi connectivity index (χ1) is 19.4. The highest BCUT2D eigenvalue weighted by molar-refractivity contribution is 6.24. The number of carbonyl (C=O) groups is 3. The summed E-state index contributed by atoms with van der Waals surface area (Å²) >= 11 is 0. The smallest absolute Gasteiger partial charge is 0.332 e. The summed E-state index contributed by atoms with van der Waals surface area (Å²) < 4.78 is 5.04. The zero-order chi connectivity index (χ0) is 28.0. The quantitative estimate of drug-likeness (QED) is 0.252. The van der Waals surface area contributed by atoms with Crippen LogP contribution in [0.25, 0.3) is 10.9 Å². The molecule has 1 saturated heterocycles. The number of benzene rings is 3. The first-order valence-corrected chi connectivity index (χ1v) is 13.6. The van der Waals surface area contributed by atoms with Gasteiger partial charge in [-0.1, -0.05) is 68.4 Å². The Kier molecular flexibility index (Phi) is 6.64. The maximum Gasteiger partial charge on any atom is 0.332 e. The Morgan fingerprint density at radius 1 is 1.02 bits per heavy atom. The Labute approximate surface area is 232 Å². The summed E-state index contributed by atoms with van der Waals surface area (Å²) in [5.41, 5.74) is 5.62. The summed E-state index contributed by atoms with van der Waals surface area (Å²) in [6.07, 6.45) is 0.392. The van der Waals surface area contributed by atoms with Crippen molar-refractivity contribution in [1.82, 2.24) is 15.2 Å². The topological polar surface area (TPSA) is 94.7 Å². The Balaban J connectivity index is 1.45. The number of amides is 4. The number of ether oxygens (including phenoxy) is 1. The van der Waals surface area contributed by atoms with Crippen LogP contribution in [0.15, 0.2) is 72.8 Å². The molecular weight excluding hydrogens is 504 g/mol. The second kappa shape index (κ2) is 10.3. The molecule has 0 spiro atoms. The van der Waals surface area contributed by atoms with Crippen LogP contribution >= 0.6 is 0 Å². The lowest BCUT2D eigenvalue weighted by Gasteiger charge is -2.36. The molecule has 2 aliphatic rings. The van der Waals surface area contributed by atoms with E-state index in [1.807, 2.05) is 18.2 Å². The van der Waals surface area contributed by atoms with E-state index in [2.05, 4.69) is 54.5 Å². The number of para-hydroxylation sites is 2. The molecule has 4 amide bonds. The Morgan fingerprint density at radius 2 is 1.75 bits per heavy atom. The number of aromatic nitrogens is 1. The van der Waals surface area contributed by atoms with Crippen LogP contribution in [0.3, 0.4) is 0 Å². The minimum Gasteiger partial charge on any atom is -0.383 e. The minimum atomic E-state index is -0.696. The Morgan fingerprint density at radius 3 is 2.50 bits per heavy atom. The van der Waals surface area contributed by atoms with Crippen molar-refractivity contribution in [3.63, 3.8) is 0 Å². The molecule has 204 valence electrons. The SMILES string of the molecule is COCCNC(=O)c1ccccc1N1C(=O)[C@@H]2Cc3c([nH]c4ccccc34)[C@H](c3ccc(C(C)C)cc3)N2C1=O. The van der Waals surface area contributed by atoms with Crippen molar-refractivity contribution >= 4 is 34.4 Å². The van der Waals surface area contributed by atoms with Crippen LogP contribution in [0, 0.1) is 0 Å². The van der Waals surface area contributed by atoms with Gasteiger partial charge in [-0.15, -0.1) is 0 Å². The van der Waals surface area contributed by atoms with Gasteiger partial charge in [0.1, 0.15) is 12.1 Å². The van der Waals surface area contributed by atoms with Gasteiger partial charge < -0.3 is 15.0 Å². The first kappa shape index (κ1) is 25.8. The lowest BCUT2D eigenvalue weighted by atomic mass is 9.88. The largest absolute Gasteiger partial charge is 0.383 e. The molecule has 0 unspecified atom stereocenters. The summed E-state index contributed by atoms with van der Waals surface area (Å²) in [7, 11) is 1.56. The lowest BCUT2D eigenvalue weighted by Crippen LogP contribution is -2.44. The maximum absolute atomic E-state index is 14.2. The molecule has 2 aliphatic heterocycles. The van der Waals surface area contributed by atoms with Crippen molar-refractivity contribution in [2.24, 2.45) is 0 Å². The summed E-state index contributed by atoms with van der Waals surface area (Å²) in [5.74, 6) is -0.328. The molecule has 3 aromatic carbocycles. The zero-order valence-corrected chi connectivity index (χ0v) is 22.8. The van der Waals surface area contributed by atoms with Crippen molar-refractivity contribution in [3.05, 3.63) is 101 Å². The summed E-state index contributed by atoms with van der Waals surface area (Å²) in [5, 5.41) is 3.86. The number of H-pyrrole nitrogens is 1. The van der Waals surface area contributed by atoms with Crippen molar-refractivity contribution in [2.45, 2.75) is 38.3 Å². The number of hydrogen-bond acceptors (Lipinski definition) is 4. The van der Waals surface area contributed by atoms with Gasteiger partial charge in [0.15, 0.2) is 0 Å². The molecule has 3 heterocycles. The van der Waals surface area contributed by atoms with E-state index in [1.165, 1.54) is 10.5 Å². The fourth-order valence-electron chi connectivity index (χ4n) is 5.93. The number of nitrogens with one attached hydrogen (secondary N) is 2. The van der Waals surface area contributed by atoms with Crippen LogP contribution < -0.4 is 10.2 Å². The van der Waals surface area contributed by atoms with Gasteiger partial charge in [-0.05, 0) is 40.8 Å². The predicted octanol–water partition coefficient (Wildman–Crippen LogP) is 5.15. The zero-order valence-electron chi connectivity index (χ0n) is 22.8. The highest BCUT2D eigenvalue weighted by Crippen LogP contribution is 2.45. The fraction of sp³-hybridized carbons (Fsp3) is 0.281. The van der Waals surface area contributed by atoms with E-state index in [9.17, 15) is 14.4 Å². The van der Waals surface area contributed by atoms with Gasteiger partial charge in [0.2, 0.25) is 0 Å². The molecule has 2 atom stereocenters. The van der Waals surface area contributed by atoms with E-state index in [4.69, 9.17) is 4.74 Å². The monoisotopic (exact) mass is 536 g/mol. The summed E-state index contributed by atoms with van der Waals surface area (Å²) in [6, 6.07) is 21.5. The maximum atomic E-state index is 14.2. The van der Waals surface area contributed by atoms with Gasteiger partial charge in [-0.25, -0.2) is 9.69 Å². The standard InChI is InChI=1S/C32H32N4O4/c1-19(2)20-12-14-21(15-13-20)29-28-24(22-8-4-6-10-25(22)34-28)18-27-31(38)36(32(39)35(27)29)26-11-7-5-9-23(26)30(37)33-16-17-40-3/h4-15,19,27,29,34H,16-18H2,1-3H3,(H,33,37)/t27-,29-/m0/s1. The number of aromatic amines is 1. The average molecular weight is 537 g/mol. The lowest BCUT2D eigenvalue weighted by molar-refractivity contribution is -0.120. The van der Waals surface area contributed by atoms with Crippen molar-refractivity contribution in [3.8, 4) is 0 Å². The van der Waals surface area contributed by atoms with Crippen LogP contribution in [0.5, 0.6) is 0 Å². The number of anilines is 1. The number of methoxy groups -OCH3 is 1. The van der Waals surface area contributed by atoms with E-state index in [-0.39, 0.29) is 23.1 Å². The van der Waals surface area contributed by atoms with E-state index >= 15 is 0 Å². The minimum absolute atomic E-state index is 0.266. The average Bonchev–Trinajstić information content (AvgIpc) is 3.46. The molecule has 4 aromatic rings. The predicted molar refractivity (Wildman–Crippen MR) is 154 cm³/mol. The molecule has 1 fully saturated rings. The van der Waals surface area contributed by atoms with Crippen LogP contribution in [-0.4, -0.2) is 54.0 Å². The highest BCUT2D eigenvalue weighted by atomic mass is 16.5. The van der Waals surface area contributed by atoms with Crippen LogP contribution in [0.4, 0.5) is 10.5 Å². The molecule has 0 aliphatic carbocycles. The van der Waals surface area contributed by atoms with Crippen LogP contribution in [-0.2, 0) is 16.0 Å². The van der Waals surface area contributed by atoms with Crippen molar-refractivity contribution < 1.29 is 19.1 Å². The third-order valence-corrected chi connectivity index (χ3v) is 7.95. The molecule has 2 N–H and O–H groups in total. The number of rotatable bonds is 7. The third kappa shape index (κ3) is 4.16. The molecule has 40 heavy (non-hydrogen) atoms. The van der Waals surface area contributed by atoms with E-state index < -0.39 is 18.1 Å². The van der Waals surface area contributed by atoms with Crippen LogP contribution in [0.1, 0.15) is 58.5 Å². The number of hydrogen-bond donors (Lipinski definition) is 2. The van der Waals surface area contributed by atoms with Crippen molar-refractivity contribution in [1.29, 1.82) is 0 Å². The molecule has 6 rings (SSSR count). The number of nitrogens with zero attached hydrogens (tertiary/aromatic N) is 2. The van der Waals surface area contributed by atoms with Crippen molar-refractivity contribution in [2.75, 3.05) is 25.2 Å². The summed E-state index contributed by atoms with van der Waals surface area (Å²) in [4.78, 5) is 47.8. The van der Waals surface area contributed by atoms with Gasteiger partial charge in [-0.2, -0.15) is 0 Å². The van der Waals surface area contributed by atoms with Gasteiger partial charge in [0.25, 0.3) is 11.8 Å².